The Morgan fingerprint density at radius 2 is 0.505 bits per heavy atom. The highest BCUT2D eigenvalue weighted by atomic mass is 15.2. The summed E-state index contributed by atoms with van der Waals surface area (Å²) >= 11 is 0. The summed E-state index contributed by atoms with van der Waals surface area (Å²) in [6, 6.07) is 137. The van der Waals surface area contributed by atoms with Gasteiger partial charge < -0.3 is 9.80 Å². The van der Waals surface area contributed by atoms with Gasteiger partial charge in [-0.15, -0.1) is 0 Å². The Kier molecular flexibility index (Phi) is 12.8. The van der Waals surface area contributed by atoms with Crippen LogP contribution in [0.15, 0.2) is 364 Å². The summed E-state index contributed by atoms with van der Waals surface area (Å²) in [5.41, 5.74) is 34.8. The maximum atomic E-state index is 2.58. The average molecular weight is 1240 g/mol. The summed E-state index contributed by atoms with van der Waals surface area (Å²) in [5.74, 6) is 0. The van der Waals surface area contributed by atoms with E-state index >= 15 is 0 Å². The van der Waals surface area contributed by atoms with E-state index < -0.39 is 16.2 Å². The zero-order valence-corrected chi connectivity index (χ0v) is 54.0. The van der Waals surface area contributed by atoms with Crippen LogP contribution in [-0.4, -0.2) is 0 Å². The molecule has 0 fully saturated rings. The van der Waals surface area contributed by atoms with E-state index in [9.17, 15) is 0 Å². The Balaban J connectivity index is 0.913. The van der Waals surface area contributed by atoms with Gasteiger partial charge in [0.1, 0.15) is 0 Å². The van der Waals surface area contributed by atoms with Gasteiger partial charge in [0.25, 0.3) is 0 Å². The largest absolute Gasteiger partial charge is 0.310 e. The summed E-state index contributed by atoms with van der Waals surface area (Å²) in [7, 11) is 0. The van der Waals surface area contributed by atoms with Gasteiger partial charge in [-0.3, -0.25) is 0 Å². The number of anilines is 6. The molecule has 0 heterocycles. The van der Waals surface area contributed by atoms with Crippen molar-refractivity contribution in [3.8, 4) is 77.9 Å². The Bertz CT molecular complexity index is 5300. The van der Waals surface area contributed by atoms with Crippen LogP contribution in [0.25, 0.3) is 77.9 Å². The predicted molar refractivity (Wildman–Crippen MR) is 403 cm³/mol. The van der Waals surface area contributed by atoms with Crippen LogP contribution in [0.4, 0.5) is 34.1 Å². The lowest BCUT2D eigenvalue weighted by molar-refractivity contribution is 0.714. The van der Waals surface area contributed by atoms with E-state index in [1.54, 1.807) is 0 Å². The van der Waals surface area contributed by atoms with E-state index in [0.717, 1.165) is 56.4 Å². The van der Waals surface area contributed by atoms with Gasteiger partial charge in [-0.1, -0.05) is 303 Å². The standard InChI is InChI=1S/C95H66N2/c1-93(69-31-11-5-12-32-69)83-42-20-15-37-77(83)80-40-25-47-89(91(80)93)96(71-54-49-65(50-55-71)63-27-7-3-8-28-63)73-59-68(67-53-58-88-82(61-67)79-39-19-24-46-87(79)95(88)85-44-22-17-35-75(85)76-36-18-23-45-86(76)95)60-74(62-73)97(72-56-51-66(52-57-72)64-29-9-4-10-30-64)90-48-26-41-81-78-38-16-21-43-84(78)94(2,92(81)90)70-33-13-6-14-34-70/h3-62H,1-2H3. The quantitative estimate of drug-likeness (QED) is 0.127. The fraction of sp³-hybridized carbons (Fsp3) is 0.0526. The Hall–Kier alpha value is -12.1. The van der Waals surface area contributed by atoms with E-state index in [1.807, 2.05) is 0 Å². The van der Waals surface area contributed by atoms with Gasteiger partial charge in [0, 0.05) is 33.6 Å². The summed E-state index contributed by atoms with van der Waals surface area (Å²) in [6.07, 6.45) is 0. The van der Waals surface area contributed by atoms with Crippen molar-refractivity contribution in [1.29, 1.82) is 0 Å². The number of hydrogen-bond donors (Lipinski definition) is 0. The van der Waals surface area contributed by atoms with E-state index in [-0.39, 0.29) is 0 Å². The second-order valence-corrected chi connectivity index (χ2v) is 26.9. The first-order valence-electron chi connectivity index (χ1n) is 34.0. The molecule has 0 amide bonds. The third kappa shape index (κ3) is 8.33. The smallest absolute Gasteiger partial charge is 0.0725 e. The molecule has 0 radical (unpaired) electrons. The minimum atomic E-state index is -0.527. The van der Waals surface area contributed by atoms with Crippen molar-refractivity contribution in [1.82, 2.24) is 0 Å². The molecule has 4 aliphatic rings. The fourth-order valence-electron chi connectivity index (χ4n) is 17.7. The lowest BCUT2D eigenvalue weighted by Gasteiger charge is -2.37. The van der Waals surface area contributed by atoms with E-state index in [2.05, 4.69) is 388 Å². The molecule has 0 N–H and O–H groups in total. The van der Waals surface area contributed by atoms with Gasteiger partial charge in [-0.2, -0.15) is 0 Å². The molecular weight excluding hydrogens is 1170 g/mol. The number of fused-ring (bicyclic) bond motifs is 16. The average Bonchev–Trinajstić information content (AvgIpc) is 1.52. The van der Waals surface area contributed by atoms with E-state index in [4.69, 9.17) is 0 Å². The third-order valence-electron chi connectivity index (χ3n) is 22.0. The highest BCUT2D eigenvalue weighted by molar-refractivity contribution is 6.00. The Labute approximate surface area is 568 Å². The molecule has 4 aliphatic carbocycles. The molecule has 456 valence electrons. The first-order valence-corrected chi connectivity index (χ1v) is 34.0. The molecule has 2 heteroatoms. The third-order valence-corrected chi connectivity index (χ3v) is 22.0. The van der Waals surface area contributed by atoms with Gasteiger partial charge in [0.05, 0.1) is 16.8 Å². The zero-order valence-electron chi connectivity index (χ0n) is 54.0. The van der Waals surface area contributed by atoms with Crippen molar-refractivity contribution in [3.63, 3.8) is 0 Å². The maximum absolute atomic E-state index is 2.58. The summed E-state index contributed by atoms with van der Waals surface area (Å²) in [6.45, 7) is 4.90. The summed E-state index contributed by atoms with van der Waals surface area (Å²) in [4.78, 5) is 5.15. The lowest BCUT2D eigenvalue weighted by atomic mass is 9.70. The van der Waals surface area contributed by atoms with E-state index in [1.165, 1.54) is 111 Å². The van der Waals surface area contributed by atoms with Crippen LogP contribution in [0.2, 0.25) is 0 Å². The molecule has 2 unspecified atom stereocenters. The molecule has 2 nitrogen and oxygen atoms in total. The van der Waals surface area contributed by atoms with E-state index in [0.29, 0.717) is 0 Å². The topological polar surface area (TPSA) is 6.48 Å². The molecule has 0 saturated carbocycles. The molecule has 15 aromatic carbocycles. The number of hydrogen-bond acceptors (Lipinski definition) is 2. The molecule has 19 rings (SSSR count). The molecule has 2 atom stereocenters. The molecule has 0 aromatic heterocycles. The Morgan fingerprint density at radius 1 is 0.196 bits per heavy atom. The second kappa shape index (κ2) is 22.0. The van der Waals surface area contributed by atoms with Crippen LogP contribution < -0.4 is 9.80 Å². The highest BCUT2D eigenvalue weighted by Crippen LogP contribution is 2.64. The van der Waals surface area contributed by atoms with Crippen molar-refractivity contribution in [2.75, 3.05) is 9.80 Å². The molecule has 0 bridgehead atoms. The van der Waals surface area contributed by atoms with Gasteiger partial charge in [-0.25, -0.2) is 0 Å². The van der Waals surface area contributed by atoms with Crippen molar-refractivity contribution in [2.45, 2.75) is 30.1 Å². The zero-order chi connectivity index (χ0) is 64.4. The van der Waals surface area contributed by atoms with Gasteiger partial charge in [-0.05, 0) is 208 Å². The van der Waals surface area contributed by atoms with Crippen LogP contribution in [0.5, 0.6) is 0 Å². The van der Waals surface area contributed by atoms with Crippen LogP contribution in [-0.2, 0) is 16.2 Å². The molecule has 0 saturated heterocycles. The van der Waals surface area contributed by atoms with Crippen molar-refractivity contribution < 1.29 is 0 Å². The van der Waals surface area contributed by atoms with Crippen LogP contribution in [0.1, 0.15) is 69.5 Å². The number of benzene rings is 15. The summed E-state index contributed by atoms with van der Waals surface area (Å²) < 4.78 is 0. The minimum Gasteiger partial charge on any atom is -0.310 e. The first kappa shape index (κ1) is 56.4. The van der Waals surface area contributed by atoms with Crippen LogP contribution in [0.3, 0.4) is 0 Å². The molecule has 0 aliphatic heterocycles. The lowest BCUT2D eigenvalue weighted by Crippen LogP contribution is -2.26. The molecule has 1 spiro atoms. The normalized spacial score (nSPS) is 15.9. The summed E-state index contributed by atoms with van der Waals surface area (Å²) in [5, 5.41) is 0. The van der Waals surface area contributed by atoms with Gasteiger partial charge >= 0.3 is 0 Å². The minimum absolute atomic E-state index is 0.483. The van der Waals surface area contributed by atoms with Crippen LogP contribution >= 0.6 is 0 Å². The maximum Gasteiger partial charge on any atom is 0.0725 e. The van der Waals surface area contributed by atoms with Crippen molar-refractivity contribution >= 4 is 34.1 Å². The first-order chi connectivity index (χ1) is 47.9. The molecular formula is C95H66N2. The second-order valence-electron chi connectivity index (χ2n) is 26.9. The van der Waals surface area contributed by atoms with Crippen molar-refractivity contribution in [3.05, 3.63) is 420 Å². The fourth-order valence-corrected chi connectivity index (χ4v) is 17.7. The van der Waals surface area contributed by atoms with Crippen LogP contribution in [0, 0.1) is 0 Å². The SMILES string of the molecule is CC1(c2ccccc2)c2ccccc2-c2cccc(N(c3ccc(-c4ccccc4)cc3)c3cc(-c4ccc5c(c4)-c4ccccc4C54c5ccccc5-c5ccccc54)cc(N(c4ccc(-c5ccccc5)cc4)c4cccc5c4C(C)(c4ccccc4)c4ccccc4-5)c3)c21. The monoisotopic (exact) mass is 1230 g/mol. The van der Waals surface area contributed by atoms with Crippen molar-refractivity contribution in [2.24, 2.45) is 0 Å². The number of nitrogens with zero attached hydrogens (tertiary/aromatic N) is 2. The predicted octanol–water partition coefficient (Wildman–Crippen LogP) is 24.6. The molecule has 97 heavy (non-hydrogen) atoms. The van der Waals surface area contributed by atoms with Gasteiger partial charge in [0.15, 0.2) is 0 Å². The molecule has 15 aromatic rings. The Morgan fingerprint density at radius 3 is 0.918 bits per heavy atom. The number of rotatable bonds is 11. The highest BCUT2D eigenvalue weighted by Gasteiger charge is 2.52. The van der Waals surface area contributed by atoms with Gasteiger partial charge in [0.2, 0.25) is 0 Å².